The maximum absolute atomic E-state index is 11.5. The largest absolute Gasteiger partial charge is 0.384 e. The molecule has 1 N–H and O–H groups in total. The van der Waals surface area contributed by atoms with E-state index in [0.717, 1.165) is 18.7 Å². The highest BCUT2D eigenvalue weighted by molar-refractivity contribution is 7.90. The molecule has 1 unspecified atom stereocenters. The lowest BCUT2D eigenvalue weighted by molar-refractivity contribution is 0.0236. The van der Waals surface area contributed by atoms with Gasteiger partial charge in [-0.05, 0) is 43.8 Å². The van der Waals surface area contributed by atoms with Crippen molar-refractivity contribution >= 4 is 9.84 Å². The lowest BCUT2D eigenvalue weighted by atomic mass is 9.95. The topological polar surface area (TPSA) is 70.5 Å². The van der Waals surface area contributed by atoms with Gasteiger partial charge in [-0.2, -0.15) is 0 Å². The average molecular weight is 348 g/mol. The molecule has 2 rings (SSSR count). The number of rotatable bonds is 7. The number of hydrogen-bond donors (Lipinski definition) is 1. The Morgan fingerprint density at radius 2 is 1.83 bits per heavy atom. The van der Waals surface area contributed by atoms with Crippen LogP contribution in [0.3, 0.4) is 0 Å². The average Bonchev–Trinajstić information content (AvgIpc) is 2.53. The maximum Gasteiger partial charge on any atom is 0.175 e. The molecule has 1 heterocycles. The molecular formula is C18H24N2O3S. The number of aromatic nitrogens is 1. The van der Waals surface area contributed by atoms with Gasteiger partial charge in [0.05, 0.1) is 10.5 Å². The van der Waals surface area contributed by atoms with Crippen molar-refractivity contribution in [2.24, 2.45) is 0 Å². The van der Waals surface area contributed by atoms with E-state index in [2.05, 4.69) is 4.98 Å². The molecule has 1 atom stereocenters. The van der Waals surface area contributed by atoms with Gasteiger partial charge in [0.1, 0.15) is 0 Å². The molecule has 0 aliphatic carbocycles. The van der Waals surface area contributed by atoms with Crippen LogP contribution in [0.1, 0.15) is 18.2 Å². The minimum atomic E-state index is -3.23. The molecule has 0 bridgehead atoms. The zero-order valence-corrected chi connectivity index (χ0v) is 15.1. The van der Waals surface area contributed by atoms with Crippen LogP contribution in [0.15, 0.2) is 53.6 Å². The van der Waals surface area contributed by atoms with Crippen molar-refractivity contribution in [1.82, 2.24) is 9.88 Å². The molecule has 1 aromatic carbocycles. The van der Waals surface area contributed by atoms with E-state index in [0.29, 0.717) is 12.1 Å². The number of likely N-dealkylation sites (N-methyl/N-ethyl adjacent to an activating group) is 1. The number of nitrogens with zero attached hydrogens (tertiary/aromatic N) is 2. The van der Waals surface area contributed by atoms with Gasteiger partial charge in [0.2, 0.25) is 0 Å². The van der Waals surface area contributed by atoms with Crippen LogP contribution >= 0.6 is 0 Å². The van der Waals surface area contributed by atoms with E-state index in [1.807, 2.05) is 30.1 Å². The van der Waals surface area contributed by atoms with Gasteiger partial charge in [0, 0.05) is 37.7 Å². The van der Waals surface area contributed by atoms with Crippen LogP contribution in [0.2, 0.25) is 0 Å². The summed E-state index contributed by atoms with van der Waals surface area (Å²) in [5.74, 6) is 0. The number of hydrogen-bond acceptors (Lipinski definition) is 5. The first-order valence-corrected chi connectivity index (χ1v) is 9.69. The fourth-order valence-electron chi connectivity index (χ4n) is 2.61. The summed E-state index contributed by atoms with van der Waals surface area (Å²) >= 11 is 0. The molecule has 2 aromatic rings. The van der Waals surface area contributed by atoms with Crippen LogP contribution in [0, 0.1) is 0 Å². The van der Waals surface area contributed by atoms with Crippen molar-refractivity contribution < 1.29 is 13.5 Å². The Morgan fingerprint density at radius 3 is 2.38 bits per heavy atom. The molecule has 0 amide bonds. The first-order chi connectivity index (χ1) is 11.2. The highest BCUT2D eigenvalue weighted by Gasteiger charge is 2.25. The summed E-state index contributed by atoms with van der Waals surface area (Å²) in [6, 6.07) is 12.2. The van der Waals surface area contributed by atoms with Gasteiger partial charge >= 0.3 is 0 Å². The SMILES string of the molecule is CN(CCc1ccccn1)CC(C)(O)c1ccc(S(C)(=O)=O)cc1. The third-order valence-corrected chi connectivity index (χ3v) is 5.09. The Morgan fingerprint density at radius 1 is 1.17 bits per heavy atom. The zero-order chi connectivity index (χ0) is 17.8. The molecule has 0 radical (unpaired) electrons. The second-order valence-electron chi connectivity index (χ2n) is 6.38. The van der Waals surface area contributed by atoms with Crippen LogP contribution in [0.5, 0.6) is 0 Å². The lowest BCUT2D eigenvalue weighted by Crippen LogP contribution is -2.37. The smallest absolute Gasteiger partial charge is 0.175 e. The number of sulfone groups is 1. The highest BCUT2D eigenvalue weighted by Crippen LogP contribution is 2.23. The summed E-state index contributed by atoms with van der Waals surface area (Å²) in [6.45, 7) is 2.95. The predicted octanol–water partition coefficient (Wildman–Crippen LogP) is 1.87. The first kappa shape index (κ1) is 18.6. The molecule has 0 saturated heterocycles. The van der Waals surface area contributed by atoms with Gasteiger partial charge in [-0.1, -0.05) is 18.2 Å². The van der Waals surface area contributed by atoms with Gasteiger partial charge < -0.3 is 10.0 Å². The minimum absolute atomic E-state index is 0.255. The summed E-state index contributed by atoms with van der Waals surface area (Å²) in [6.07, 6.45) is 3.75. The Hall–Kier alpha value is -1.76. The quantitative estimate of drug-likeness (QED) is 0.827. The first-order valence-electron chi connectivity index (χ1n) is 7.80. The van der Waals surface area contributed by atoms with Gasteiger partial charge in [-0.15, -0.1) is 0 Å². The summed E-state index contributed by atoms with van der Waals surface area (Å²) in [5, 5.41) is 10.7. The Labute approximate surface area is 143 Å². The molecule has 1 aromatic heterocycles. The third kappa shape index (κ3) is 5.12. The molecule has 0 fully saturated rings. The standard InChI is InChI=1S/C18H24N2O3S/c1-18(21,15-7-9-17(10-8-15)24(3,22)23)14-20(2)13-11-16-6-4-5-12-19-16/h4-10,12,21H,11,13-14H2,1-3H3. The predicted molar refractivity (Wildman–Crippen MR) is 94.6 cm³/mol. The third-order valence-electron chi connectivity index (χ3n) is 3.96. The van der Waals surface area contributed by atoms with Crippen LogP contribution in [-0.4, -0.2) is 49.8 Å². The molecule has 5 nitrogen and oxygen atoms in total. The van der Waals surface area contributed by atoms with Crippen molar-refractivity contribution in [2.45, 2.75) is 23.8 Å². The number of benzene rings is 1. The maximum atomic E-state index is 11.5. The van der Waals surface area contributed by atoms with Gasteiger partial charge in [0.25, 0.3) is 0 Å². The number of pyridine rings is 1. The Kier molecular flexibility index (Phi) is 5.74. The zero-order valence-electron chi connectivity index (χ0n) is 14.3. The van der Waals surface area contributed by atoms with E-state index in [1.165, 1.54) is 18.4 Å². The Bertz CT molecular complexity index is 757. The van der Waals surface area contributed by atoms with Gasteiger partial charge in [0.15, 0.2) is 9.84 Å². The van der Waals surface area contributed by atoms with E-state index in [9.17, 15) is 13.5 Å². The van der Waals surface area contributed by atoms with Crippen molar-refractivity contribution in [1.29, 1.82) is 0 Å². The molecular weight excluding hydrogens is 324 g/mol. The lowest BCUT2D eigenvalue weighted by Gasteiger charge is -2.29. The molecule has 0 saturated carbocycles. The summed E-state index contributed by atoms with van der Waals surface area (Å²) in [7, 11) is -1.28. The minimum Gasteiger partial charge on any atom is -0.384 e. The van der Waals surface area contributed by atoms with Crippen molar-refractivity contribution in [3.05, 3.63) is 59.9 Å². The summed E-state index contributed by atoms with van der Waals surface area (Å²) in [5.41, 5.74) is 0.649. The summed E-state index contributed by atoms with van der Waals surface area (Å²) in [4.78, 5) is 6.59. The molecule has 24 heavy (non-hydrogen) atoms. The fourth-order valence-corrected chi connectivity index (χ4v) is 3.24. The van der Waals surface area contributed by atoms with E-state index < -0.39 is 15.4 Å². The monoisotopic (exact) mass is 348 g/mol. The second kappa shape index (κ2) is 7.42. The van der Waals surface area contributed by atoms with E-state index in [1.54, 1.807) is 25.3 Å². The van der Waals surface area contributed by atoms with Gasteiger partial charge in [-0.25, -0.2) is 8.42 Å². The molecule has 0 spiro atoms. The second-order valence-corrected chi connectivity index (χ2v) is 8.39. The van der Waals surface area contributed by atoms with E-state index in [4.69, 9.17) is 0 Å². The van der Waals surface area contributed by atoms with Crippen LogP contribution in [-0.2, 0) is 21.9 Å². The molecule has 6 heteroatoms. The van der Waals surface area contributed by atoms with Gasteiger partial charge in [-0.3, -0.25) is 4.98 Å². The molecule has 130 valence electrons. The highest BCUT2D eigenvalue weighted by atomic mass is 32.2. The van der Waals surface area contributed by atoms with E-state index >= 15 is 0 Å². The fraction of sp³-hybridized carbons (Fsp3) is 0.389. The Balaban J connectivity index is 1.99. The van der Waals surface area contributed by atoms with Crippen molar-refractivity contribution in [3.8, 4) is 0 Å². The summed E-state index contributed by atoms with van der Waals surface area (Å²) < 4.78 is 23.0. The number of aliphatic hydroxyl groups is 1. The van der Waals surface area contributed by atoms with Crippen LogP contribution in [0.4, 0.5) is 0 Å². The van der Waals surface area contributed by atoms with Crippen molar-refractivity contribution in [2.75, 3.05) is 26.4 Å². The van der Waals surface area contributed by atoms with Crippen molar-refractivity contribution in [3.63, 3.8) is 0 Å². The van der Waals surface area contributed by atoms with Crippen LogP contribution in [0.25, 0.3) is 0 Å². The van der Waals surface area contributed by atoms with Crippen LogP contribution < -0.4 is 0 Å². The molecule has 0 aliphatic rings. The van der Waals surface area contributed by atoms with E-state index in [-0.39, 0.29) is 4.90 Å². The normalized spacial score (nSPS) is 14.5. The molecule has 0 aliphatic heterocycles.